The van der Waals surface area contributed by atoms with Gasteiger partial charge in [-0.25, -0.2) is 13.2 Å². The van der Waals surface area contributed by atoms with Gasteiger partial charge in [-0.2, -0.15) is 0 Å². The molecule has 1 aromatic carbocycles. The van der Waals surface area contributed by atoms with E-state index in [0.29, 0.717) is 0 Å². The molecule has 0 saturated heterocycles. The summed E-state index contributed by atoms with van der Waals surface area (Å²) in [5, 5.41) is 8.53. The maximum Gasteiger partial charge on any atom is 0.335 e. The summed E-state index contributed by atoms with van der Waals surface area (Å²) in [5.74, 6) is -1.07. The van der Waals surface area contributed by atoms with Crippen molar-refractivity contribution < 1.29 is 18.3 Å². The third-order valence-electron chi connectivity index (χ3n) is 1.53. The van der Waals surface area contributed by atoms with E-state index in [0.717, 1.165) is 6.26 Å². The minimum Gasteiger partial charge on any atom is -0.478 e. The Hall–Kier alpha value is -1.07. The zero-order valence-corrected chi connectivity index (χ0v) is 8.93. The van der Waals surface area contributed by atoms with Gasteiger partial charge in [0.25, 0.3) is 0 Å². The Balaban J connectivity index is 0.00000169. The Bertz CT molecular complexity index is 421. The number of hydrogen-bond acceptors (Lipinski definition) is 3. The number of aromatic carboxylic acids is 1. The van der Waals surface area contributed by atoms with E-state index in [9.17, 15) is 13.2 Å². The average Bonchev–Trinajstić information content (AvgIpc) is 2.03. The first kappa shape index (κ1) is 12.9. The highest BCUT2D eigenvalue weighted by molar-refractivity contribution is 7.90. The van der Waals surface area contributed by atoms with Gasteiger partial charge in [-0.05, 0) is 24.3 Å². The lowest BCUT2D eigenvalue weighted by atomic mass is 10.2. The standard InChI is InChI=1S/C8H8O4S.ClH/c1-13(11,12)7-4-2-6(3-5-7)8(9)10;/h2-5H,1H3,(H,9,10);1H. The van der Waals surface area contributed by atoms with Gasteiger partial charge in [0.05, 0.1) is 10.5 Å². The van der Waals surface area contributed by atoms with Gasteiger partial charge >= 0.3 is 5.97 Å². The van der Waals surface area contributed by atoms with E-state index in [2.05, 4.69) is 0 Å². The molecule has 0 spiro atoms. The third-order valence-corrected chi connectivity index (χ3v) is 2.66. The summed E-state index contributed by atoms with van der Waals surface area (Å²) in [7, 11) is -3.24. The van der Waals surface area contributed by atoms with E-state index in [4.69, 9.17) is 5.11 Å². The molecule has 1 aromatic rings. The minimum absolute atomic E-state index is 0. The van der Waals surface area contributed by atoms with Crippen molar-refractivity contribution in [2.75, 3.05) is 6.26 Å². The second-order valence-corrected chi connectivity index (χ2v) is 4.62. The molecule has 0 amide bonds. The molecule has 0 unspecified atom stereocenters. The van der Waals surface area contributed by atoms with E-state index in [1.807, 2.05) is 0 Å². The van der Waals surface area contributed by atoms with Crippen LogP contribution in [0, 0.1) is 0 Å². The zero-order valence-electron chi connectivity index (χ0n) is 7.30. The van der Waals surface area contributed by atoms with Crippen molar-refractivity contribution in [1.82, 2.24) is 0 Å². The Morgan fingerprint density at radius 3 is 1.93 bits per heavy atom. The zero-order chi connectivity index (χ0) is 10.1. The van der Waals surface area contributed by atoms with Gasteiger partial charge in [0.15, 0.2) is 9.84 Å². The summed E-state index contributed by atoms with van der Waals surface area (Å²) in [6.45, 7) is 0. The highest BCUT2D eigenvalue weighted by Crippen LogP contribution is 2.09. The molecule has 0 saturated carbocycles. The molecule has 0 radical (unpaired) electrons. The number of sulfone groups is 1. The molecule has 0 aromatic heterocycles. The number of hydrogen-bond donors (Lipinski definition) is 1. The molecule has 0 heterocycles. The smallest absolute Gasteiger partial charge is 0.335 e. The summed E-state index contributed by atoms with van der Waals surface area (Å²) in [5.41, 5.74) is 0.0763. The van der Waals surface area contributed by atoms with Gasteiger partial charge in [-0.1, -0.05) is 0 Å². The number of carboxylic acids is 1. The summed E-state index contributed by atoms with van der Waals surface area (Å²) < 4.78 is 21.9. The number of halogens is 1. The molecule has 0 fully saturated rings. The predicted molar refractivity (Wildman–Crippen MR) is 53.8 cm³/mol. The Labute approximate surface area is 87.9 Å². The van der Waals surface area contributed by atoms with Crippen LogP contribution < -0.4 is 0 Å². The van der Waals surface area contributed by atoms with Crippen LogP contribution in [0.25, 0.3) is 0 Å². The lowest BCUT2D eigenvalue weighted by molar-refractivity contribution is 0.0697. The number of carbonyl (C=O) groups is 1. The molecule has 0 aliphatic heterocycles. The lowest BCUT2D eigenvalue weighted by Gasteiger charge is -1.97. The summed E-state index contributed by atoms with van der Waals surface area (Å²) in [4.78, 5) is 10.5. The first-order chi connectivity index (χ1) is 5.91. The van der Waals surface area contributed by atoms with Crippen LogP contribution in [0.5, 0.6) is 0 Å². The molecular weight excluding hydrogens is 228 g/mol. The summed E-state index contributed by atoms with van der Waals surface area (Å²) >= 11 is 0. The fourth-order valence-electron chi connectivity index (χ4n) is 0.845. The minimum atomic E-state index is -3.24. The van der Waals surface area contributed by atoms with Crippen molar-refractivity contribution in [3.8, 4) is 0 Å². The van der Waals surface area contributed by atoms with Gasteiger partial charge in [-0.3, -0.25) is 0 Å². The van der Waals surface area contributed by atoms with Crippen LogP contribution in [0.1, 0.15) is 10.4 Å². The number of carboxylic acid groups (broad SMARTS) is 1. The Morgan fingerprint density at radius 2 is 1.64 bits per heavy atom. The third kappa shape index (κ3) is 3.01. The van der Waals surface area contributed by atoms with E-state index in [1.54, 1.807) is 0 Å². The van der Waals surface area contributed by atoms with Gasteiger partial charge in [0.1, 0.15) is 0 Å². The first-order valence-corrected chi connectivity index (χ1v) is 5.34. The van der Waals surface area contributed by atoms with Crippen LogP contribution in [-0.2, 0) is 9.84 Å². The van der Waals surface area contributed by atoms with Crippen molar-refractivity contribution in [2.45, 2.75) is 4.90 Å². The molecule has 4 nitrogen and oxygen atoms in total. The van der Waals surface area contributed by atoms with Crippen LogP contribution in [-0.4, -0.2) is 25.7 Å². The Morgan fingerprint density at radius 1 is 1.21 bits per heavy atom. The summed E-state index contributed by atoms with van der Waals surface area (Å²) in [6, 6.07) is 5.08. The molecular formula is C8H9ClO4S. The maximum atomic E-state index is 11.0. The average molecular weight is 237 g/mol. The van der Waals surface area contributed by atoms with Crippen molar-refractivity contribution in [2.24, 2.45) is 0 Å². The molecule has 6 heteroatoms. The van der Waals surface area contributed by atoms with E-state index in [-0.39, 0.29) is 22.9 Å². The molecule has 0 bridgehead atoms. The number of benzene rings is 1. The first-order valence-electron chi connectivity index (χ1n) is 3.44. The lowest BCUT2D eigenvalue weighted by Crippen LogP contribution is -1.99. The van der Waals surface area contributed by atoms with Crippen LogP contribution in [0.2, 0.25) is 0 Å². The SMILES string of the molecule is CS(=O)(=O)c1ccc(C(=O)O)cc1.Cl. The monoisotopic (exact) mass is 236 g/mol. The van der Waals surface area contributed by atoms with Crippen LogP contribution in [0.15, 0.2) is 29.2 Å². The molecule has 0 atom stereocenters. The van der Waals surface area contributed by atoms with Gasteiger partial charge < -0.3 is 5.11 Å². The Kier molecular flexibility index (Phi) is 4.09. The molecule has 78 valence electrons. The largest absolute Gasteiger partial charge is 0.478 e. The van der Waals surface area contributed by atoms with Crippen molar-refractivity contribution in [3.05, 3.63) is 29.8 Å². The van der Waals surface area contributed by atoms with Crippen molar-refractivity contribution in [1.29, 1.82) is 0 Å². The van der Waals surface area contributed by atoms with Crippen LogP contribution in [0.3, 0.4) is 0 Å². The topological polar surface area (TPSA) is 71.4 Å². The second kappa shape index (κ2) is 4.43. The van der Waals surface area contributed by atoms with E-state index in [1.165, 1.54) is 24.3 Å². The second-order valence-electron chi connectivity index (χ2n) is 2.60. The van der Waals surface area contributed by atoms with Crippen LogP contribution >= 0.6 is 12.4 Å². The van der Waals surface area contributed by atoms with E-state index < -0.39 is 15.8 Å². The van der Waals surface area contributed by atoms with Gasteiger partial charge in [0, 0.05) is 6.26 Å². The number of rotatable bonds is 2. The van der Waals surface area contributed by atoms with Crippen molar-refractivity contribution in [3.63, 3.8) is 0 Å². The predicted octanol–water partition coefficient (Wildman–Crippen LogP) is 1.21. The summed E-state index contributed by atoms with van der Waals surface area (Å²) in [6.07, 6.45) is 1.07. The quantitative estimate of drug-likeness (QED) is 0.838. The molecule has 0 aliphatic rings. The van der Waals surface area contributed by atoms with E-state index >= 15 is 0 Å². The normalized spacial score (nSPS) is 10.4. The molecule has 1 N–H and O–H groups in total. The fourth-order valence-corrected chi connectivity index (χ4v) is 1.48. The highest BCUT2D eigenvalue weighted by atomic mass is 35.5. The van der Waals surface area contributed by atoms with Gasteiger partial charge in [-0.15, -0.1) is 12.4 Å². The van der Waals surface area contributed by atoms with Crippen molar-refractivity contribution >= 4 is 28.2 Å². The maximum absolute atomic E-state index is 11.0. The molecule has 0 aliphatic carbocycles. The molecule has 1 rings (SSSR count). The van der Waals surface area contributed by atoms with Gasteiger partial charge in [0.2, 0.25) is 0 Å². The molecule has 14 heavy (non-hydrogen) atoms. The fraction of sp³-hybridized carbons (Fsp3) is 0.125. The van der Waals surface area contributed by atoms with Crippen LogP contribution in [0.4, 0.5) is 0 Å². The highest BCUT2D eigenvalue weighted by Gasteiger charge is 2.08.